The molecule has 0 aromatic heterocycles. The van der Waals surface area contributed by atoms with E-state index < -0.39 is 18.2 Å². The van der Waals surface area contributed by atoms with Gasteiger partial charge in [-0.3, -0.25) is 9.59 Å². The molecule has 0 bridgehead atoms. The molecule has 0 aromatic rings. The van der Waals surface area contributed by atoms with Crippen LogP contribution in [0.5, 0.6) is 0 Å². The maximum absolute atomic E-state index is 13.3. The summed E-state index contributed by atoms with van der Waals surface area (Å²) in [6, 6.07) is -0.707. The van der Waals surface area contributed by atoms with Crippen LogP contribution in [-0.2, 0) is 14.3 Å². The third-order valence-corrected chi connectivity index (χ3v) is 13.4. The topological polar surface area (TPSA) is 95.9 Å². The van der Waals surface area contributed by atoms with Gasteiger partial charge in [-0.2, -0.15) is 0 Å². The maximum Gasteiger partial charge on any atom is 0.306 e. The molecule has 6 nitrogen and oxygen atoms in total. The largest absolute Gasteiger partial charge is 0.462 e. The van der Waals surface area contributed by atoms with Crippen LogP contribution in [-0.4, -0.2) is 46.9 Å². The van der Waals surface area contributed by atoms with Gasteiger partial charge in [0.05, 0.1) is 25.2 Å². The Morgan fingerprint density at radius 3 is 1.16 bits per heavy atom. The Morgan fingerprint density at radius 2 is 0.761 bits per heavy atom. The second-order valence-electron chi connectivity index (χ2n) is 20.1. The number of carbonyl (C=O) groups excluding carboxylic acids is 2. The number of ether oxygens (including phenoxy) is 1. The van der Waals surface area contributed by atoms with Crippen molar-refractivity contribution >= 4 is 11.9 Å². The second kappa shape index (κ2) is 54.8. The molecule has 67 heavy (non-hydrogen) atoms. The lowest BCUT2D eigenvalue weighted by Crippen LogP contribution is -2.46. The minimum Gasteiger partial charge on any atom is -0.462 e. The smallest absolute Gasteiger partial charge is 0.306 e. The lowest BCUT2D eigenvalue weighted by molar-refractivity contribution is -0.151. The molecule has 0 aliphatic heterocycles. The summed E-state index contributed by atoms with van der Waals surface area (Å²) in [7, 11) is 0. The SMILES string of the molecule is CCCCC/C=C\C/C=C\C/C=C\C/C=C\CCCCCC(=O)OC(CCCCCCCCCCCCCCCCCC)CC(=O)NC(CO)C(O)CCCCCCCCCCCCCCC. The first-order valence-corrected chi connectivity index (χ1v) is 29.4. The minimum absolute atomic E-state index is 0.0680. The zero-order chi connectivity index (χ0) is 48.8. The molecule has 0 saturated heterocycles. The highest BCUT2D eigenvalue weighted by molar-refractivity contribution is 5.77. The van der Waals surface area contributed by atoms with E-state index in [2.05, 4.69) is 74.7 Å². The van der Waals surface area contributed by atoms with Crippen LogP contribution < -0.4 is 5.32 Å². The first-order valence-electron chi connectivity index (χ1n) is 29.4. The number of rotatable bonds is 53. The molecule has 1 amide bonds. The number of nitrogens with one attached hydrogen (secondary N) is 1. The molecule has 392 valence electrons. The first kappa shape index (κ1) is 64.8. The Labute approximate surface area is 416 Å². The molecule has 0 aliphatic carbocycles. The summed E-state index contributed by atoms with van der Waals surface area (Å²) < 4.78 is 5.96. The number of unbranched alkanes of at least 4 members (excludes halogenated alkanes) is 33. The minimum atomic E-state index is -0.792. The van der Waals surface area contributed by atoms with Crippen LogP contribution >= 0.6 is 0 Å². The molecule has 6 heteroatoms. The van der Waals surface area contributed by atoms with Crippen molar-refractivity contribution in [3.63, 3.8) is 0 Å². The highest BCUT2D eigenvalue weighted by Gasteiger charge is 2.24. The average Bonchev–Trinajstić information content (AvgIpc) is 3.32. The molecule has 0 aliphatic rings. The monoisotopic (exact) mass is 940 g/mol. The first-order chi connectivity index (χ1) is 33.0. The second-order valence-corrected chi connectivity index (χ2v) is 20.1. The van der Waals surface area contributed by atoms with Crippen molar-refractivity contribution in [2.24, 2.45) is 0 Å². The molecular weight excluding hydrogens is 827 g/mol. The van der Waals surface area contributed by atoms with Crippen molar-refractivity contribution in [3.8, 4) is 0 Å². The molecule has 0 rings (SSSR count). The van der Waals surface area contributed by atoms with E-state index in [-0.39, 0.29) is 24.9 Å². The molecule has 0 fully saturated rings. The fourth-order valence-corrected chi connectivity index (χ4v) is 8.95. The van der Waals surface area contributed by atoms with Gasteiger partial charge in [0.1, 0.15) is 6.10 Å². The van der Waals surface area contributed by atoms with E-state index in [1.165, 1.54) is 180 Å². The van der Waals surface area contributed by atoms with Crippen molar-refractivity contribution in [1.82, 2.24) is 5.32 Å². The summed E-state index contributed by atoms with van der Waals surface area (Å²) >= 11 is 0. The van der Waals surface area contributed by atoms with E-state index >= 15 is 0 Å². The van der Waals surface area contributed by atoms with Crippen LogP contribution in [0.25, 0.3) is 0 Å². The fourth-order valence-electron chi connectivity index (χ4n) is 8.95. The van der Waals surface area contributed by atoms with Crippen LogP contribution in [0.1, 0.15) is 303 Å². The van der Waals surface area contributed by atoms with Gasteiger partial charge in [0.15, 0.2) is 0 Å². The van der Waals surface area contributed by atoms with Gasteiger partial charge in [-0.25, -0.2) is 0 Å². The number of esters is 1. The summed E-state index contributed by atoms with van der Waals surface area (Å²) in [5.41, 5.74) is 0. The van der Waals surface area contributed by atoms with Gasteiger partial charge in [0.2, 0.25) is 5.91 Å². The van der Waals surface area contributed by atoms with Gasteiger partial charge in [-0.05, 0) is 70.6 Å². The van der Waals surface area contributed by atoms with Crippen LogP contribution in [0.15, 0.2) is 48.6 Å². The molecular formula is C61H113NO5. The maximum atomic E-state index is 13.3. The van der Waals surface area contributed by atoms with Gasteiger partial charge in [-0.1, -0.05) is 268 Å². The van der Waals surface area contributed by atoms with Crippen molar-refractivity contribution in [3.05, 3.63) is 48.6 Å². The predicted octanol–water partition coefficient (Wildman–Crippen LogP) is 18.2. The molecule has 0 saturated carbocycles. The summed E-state index contributed by atoms with van der Waals surface area (Å²) in [5.74, 6) is -0.495. The number of amides is 1. The van der Waals surface area contributed by atoms with Crippen LogP contribution in [0.2, 0.25) is 0 Å². The molecule has 0 radical (unpaired) electrons. The summed E-state index contributed by atoms with van der Waals surface area (Å²) in [6.07, 6.45) is 67.4. The summed E-state index contributed by atoms with van der Waals surface area (Å²) in [4.78, 5) is 26.3. The van der Waals surface area contributed by atoms with E-state index in [9.17, 15) is 19.8 Å². The van der Waals surface area contributed by atoms with E-state index in [4.69, 9.17) is 4.74 Å². The lowest BCUT2D eigenvalue weighted by Gasteiger charge is -2.24. The Kier molecular flexibility index (Phi) is 53.0. The van der Waals surface area contributed by atoms with Crippen molar-refractivity contribution < 1.29 is 24.5 Å². The van der Waals surface area contributed by atoms with E-state index in [0.717, 1.165) is 77.0 Å². The average molecular weight is 941 g/mol. The Bertz CT molecular complexity index is 1150. The standard InChI is InChI=1S/C61H113NO5/c1-4-7-10-13-16-19-22-25-27-29-30-31-33-36-39-42-45-48-51-54-61(66)67-57(52-49-46-43-40-37-35-32-28-26-23-20-17-14-11-8-5-2)55-60(65)62-58(56-63)59(64)53-50-47-44-41-38-34-24-21-18-15-12-9-6-3/h16,19,25,27,30-31,36,39,57-59,63-64H,4-15,17-18,20-24,26,28-29,32-35,37-38,40-56H2,1-3H3,(H,62,65)/b19-16-,27-25-,31-30-,39-36-. The quantitative estimate of drug-likeness (QED) is 0.0321. The number of aliphatic hydroxyl groups is 2. The van der Waals surface area contributed by atoms with Gasteiger partial charge < -0.3 is 20.3 Å². The summed E-state index contributed by atoms with van der Waals surface area (Å²) in [5, 5.41) is 23.9. The van der Waals surface area contributed by atoms with Crippen molar-refractivity contribution in [1.29, 1.82) is 0 Å². The van der Waals surface area contributed by atoms with Crippen LogP contribution in [0.4, 0.5) is 0 Å². The van der Waals surface area contributed by atoms with Crippen LogP contribution in [0, 0.1) is 0 Å². The van der Waals surface area contributed by atoms with Crippen molar-refractivity contribution in [2.75, 3.05) is 6.61 Å². The van der Waals surface area contributed by atoms with Crippen LogP contribution in [0.3, 0.4) is 0 Å². The van der Waals surface area contributed by atoms with Crippen molar-refractivity contribution in [2.45, 2.75) is 322 Å². The third-order valence-electron chi connectivity index (χ3n) is 13.4. The molecule has 0 aromatic carbocycles. The van der Waals surface area contributed by atoms with E-state index in [1.807, 2.05) is 0 Å². The van der Waals surface area contributed by atoms with E-state index in [1.54, 1.807) is 0 Å². The molecule has 3 N–H and O–H groups in total. The number of allylic oxidation sites excluding steroid dienone is 8. The normalized spacial score (nSPS) is 13.4. The summed E-state index contributed by atoms with van der Waals surface area (Å²) in [6.45, 7) is 6.48. The Balaban J connectivity index is 4.60. The number of hydrogen-bond acceptors (Lipinski definition) is 5. The third kappa shape index (κ3) is 50.0. The van der Waals surface area contributed by atoms with E-state index in [0.29, 0.717) is 19.3 Å². The zero-order valence-electron chi connectivity index (χ0n) is 44.8. The molecule has 3 unspecified atom stereocenters. The van der Waals surface area contributed by atoms with Gasteiger partial charge in [-0.15, -0.1) is 0 Å². The Hall–Kier alpha value is -2.18. The predicted molar refractivity (Wildman–Crippen MR) is 292 cm³/mol. The lowest BCUT2D eigenvalue weighted by atomic mass is 10.0. The van der Waals surface area contributed by atoms with Gasteiger partial charge >= 0.3 is 5.97 Å². The number of aliphatic hydroxyl groups excluding tert-OH is 2. The Morgan fingerprint density at radius 1 is 0.433 bits per heavy atom. The highest BCUT2D eigenvalue weighted by atomic mass is 16.5. The fraction of sp³-hybridized carbons (Fsp3) is 0.836. The highest BCUT2D eigenvalue weighted by Crippen LogP contribution is 2.19. The molecule has 3 atom stereocenters. The van der Waals surface area contributed by atoms with Gasteiger partial charge in [0, 0.05) is 6.42 Å². The number of hydrogen-bond donors (Lipinski definition) is 3. The molecule has 0 heterocycles. The van der Waals surface area contributed by atoms with Gasteiger partial charge in [0.25, 0.3) is 0 Å². The molecule has 0 spiro atoms. The zero-order valence-corrected chi connectivity index (χ0v) is 44.8. The number of carbonyl (C=O) groups is 2.